The van der Waals surface area contributed by atoms with Crippen LogP contribution < -0.4 is 16.0 Å². The number of carbonyl (C=O) groups excluding carboxylic acids is 1. The third-order valence-electron chi connectivity index (χ3n) is 3.10. The number of nitrogens with zero attached hydrogens (tertiary/aromatic N) is 1. The van der Waals surface area contributed by atoms with Gasteiger partial charge in [-0.25, -0.2) is 0 Å². The highest BCUT2D eigenvalue weighted by Gasteiger charge is 2.28. The van der Waals surface area contributed by atoms with E-state index in [2.05, 4.69) is 34.8 Å². The molecule has 1 amide bonds. The maximum Gasteiger partial charge on any atom is 0.223 e. The maximum absolute atomic E-state index is 11.4. The molecular formula is C15H31IN4O2. The molecule has 1 rings (SSSR count). The van der Waals surface area contributed by atoms with E-state index in [0.29, 0.717) is 19.0 Å². The molecule has 0 atom stereocenters. The van der Waals surface area contributed by atoms with Crippen molar-refractivity contribution < 1.29 is 9.53 Å². The highest BCUT2D eigenvalue weighted by atomic mass is 127. The number of amides is 1. The molecule has 0 spiro atoms. The Balaban J connectivity index is 0.00000441. The van der Waals surface area contributed by atoms with E-state index in [0.717, 1.165) is 45.0 Å². The average molecular weight is 426 g/mol. The second kappa shape index (κ2) is 12.9. The van der Waals surface area contributed by atoms with Crippen LogP contribution in [0.25, 0.3) is 0 Å². The monoisotopic (exact) mass is 426 g/mol. The largest absolute Gasteiger partial charge is 0.381 e. The van der Waals surface area contributed by atoms with Gasteiger partial charge in [0.2, 0.25) is 5.91 Å². The third-order valence-corrected chi connectivity index (χ3v) is 3.10. The van der Waals surface area contributed by atoms with Crippen LogP contribution in [0, 0.1) is 11.8 Å². The first-order valence-electron chi connectivity index (χ1n) is 7.93. The molecule has 0 aromatic heterocycles. The number of rotatable bonds is 10. The van der Waals surface area contributed by atoms with E-state index in [-0.39, 0.29) is 35.8 Å². The highest BCUT2D eigenvalue weighted by Crippen LogP contribution is 2.28. The lowest BCUT2D eigenvalue weighted by Crippen LogP contribution is -2.42. The van der Waals surface area contributed by atoms with Crippen molar-refractivity contribution in [2.45, 2.75) is 33.1 Å². The van der Waals surface area contributed by atoms with Crippen LogP contribution in [0.4, 0.5) is 0 Å². The lowest BCUT2D eigenvalue weighted by atomic mass is 10.2. The quantitative estimate of drug-likeness (QED) is 0.214. The Hall–Kier alpha value is -0.570. The van der Waals surface area contributed by atoms with Gasteiger partial charge in [-0.3, -0.25) is 9.79 Å². The Morgan fingerprint density at radius 1 is 1.18 bits per heavy atom. The van der Waals surface area contributed by atoms with Crippen LogP contribution in [0.5, 0.6) is 0 Å². The first-order chi connectivity index (χ1) is 10.1. The lowest BCUT2D eigenvalue weighted by molar-refractivity contribution is -0.122. The van der Waals surface area contributed by atoms with Crippen molar-refractivity contribution in [3.05, 3.63) is 0 Å². The standard InChI is InChI=1S/C15H30N4O2.HI/c1-12(2)11-21-10-4-7-18-15(16-3)19-9-8-17-14(20)13-5-6-13;/h12-13H,4-11H2,1-3H3,(H,17,20)(H2,16,18,19);1H. The zero-order valence-corrected chi connectivity index (χ0v) is 16.3. The van der Waals surface area contributed by atoms with Gasteiger partial charge in [-0.15, -0.1) is 24.0 Å². The molecule has 1 aliphatic carbocycles. The summed E-state index contributed by atoms with van der Waals surface area (Å²) in [5, 5.41) is 9.32. The molecule has 0 aromatic rings. The number of ether oxygens (including phenoxy) is 1. The van der Waals surface area contributed by atoms with Crippen molar-refractivity contribution in [3.63, 3.8) is 0 Å². The molecule has 0 aromatic carbocycles. The predicted octanol–water partition coefficient (Wildman–Crippen LogP) is 1.36. The van der Waals surface area contributed by atoms with E-state index in [4.69, 9.17) is 4.74 Å². The molecule has 130 valence electrons. The zero-order chi connectivity index (χ0) is 15.5. The first kappa shape index (κ1) is 21.4. The van der Waals surface area contributed by atoms with Gasteiger partial charge < -0.3 is 20.7 Å². The molecule has 0 saturated heterocycles. The Labute approximate surface area is 151 Å². The van der Waals surface area contributed by atoms with Crippen LogP contribution >= 0.6 is 24.0 Å². The van der Waals surface area contributed by atoms with Crippen molar-refractivity contribution in [1.82, 2.24) is 16.0 Å². The van der Waals surface area contributed by atoms with Crippen molar-refractivity contribution in [3.8, 4) is 0 Å². The van der Waals surface area contributed by atoms with Crippen molar-refractivity contribution in [2.24, 2.45) is 16.8 Å². The summed E-state index contributed by atoms with van der Waals surface area (Å²) in [7, 11) is 1.74. The molecule has 3 N–H and O–H groups in total. The van der Waals surface area contributed by atoms with Crippen molar-refractivity contribution >= 4 is 35.8 Å². The van der Waals surface area contributed by atoms with Crippen molar-refractivity contribution in [1.29, 1.82) is 0 Å². The molecule has 1 saturated carbocycles. The number of hydrogen-bond acceptors (Lipinski definition) is 3. The number of carbonyl (C=O) groups is 1. The summed E-state index contributed by atoms with van der Waals surface area (Å²) in [5.74, 6) is 1.80. The molecule has 0 unspecified atom stereocenters. The van der Waals surface area contributed by atoms with Crippen LogP contribution in [0.3, 0.4) is 0 Å². The van der Waals surface area contributed by atoms with Crippen molar-refractivity contribution in [2.75, 3.05) is 39.9 Å². The molecule has 6 nitrogen and oxygen atoms in total. The molecule has 22 heavy (non-hydrogen) atoms. The molecule has 7 heteroatoms. The molecule has 0 aliphatic heterocycles. The molecule has 0 radical (unpaired) electrons. The van der Waals surface area contributed by atoms with Gasteiger partial charge in [0.05, 0.1) is 0 Å². The zero-order valence-electron chi connectivity index (χ0n) is 14.0. The fourth-order valence-corrected chi connectivity index (χ4v) is 1.78. The normalized spacial score (nSPS) is 14.5. The summed E-state index contributed by atoms with van der Waals surface area (Å²) in [6, 6.07) is 0. The summed E-state index contributed by atoms with van der Waals surface area (Å²) < 4.78 is 5.52. The Morgan fingerprint density at radius 2 is 1.82 bits per heavy atom. The molecule has 1 aliphatic rings. The summed E-state index contributed by atoms with van der Waals surface area (Å²) >= 11 is 0. The van der Waals surface area contributed by atoms with Gasteiger partial charge in [0, 0.05) is 45.8 Å². The van der Waals surface area contributed by atoms with Crippen LogP contribution in [0.2, 0.25) is 0 Å². The lowest BCUT2D eigenvalue weighted by Gasteiger charge is -2.12. The number of hydrogen-bond donors (Lipinski definition) is 3. The minimum absolute atomic E-state index is 0. The summed E-state index contributed by atoms with van der Waals surface area (Å²) in [6.07, 6.45) is 3.04. The van der Waals surface area contributed by atoms with Crippen LogP contribution in [-0.2, 0) is 9.53 Å². The van der Waals surface area contributed by atoms with E-state index in [1.54, 1.807) is 7.05 Å². The topological polar surface area (TPSA) is 74.8 Å². The number of guanidine groups is 1. The van der Waals surface area contributed by atoms with E-state index >= 15 is 0 Å². The van der Waals surface area contributed by atoms with Gasteiger partial charge in [0.1, 0.15) is 0 Å². The Bertz CT molecular complexity index is 334. The number of nitrogens with one attached hydrogen (secondary N) is 3. The Morgan fingerprint density at radius 3 is 2.41 bits per heavy atom. The highest BCUT2D eigenvalue weighted by molar-refractivity contribution is 14.0. The molecule has 0 heterocycles. The third kappa shape index (κ3) is 11.1. The van der Waals surface area contributed by atoms with Gasteiger partial charge in [-0.2, -0.15) is 0 Å². The van der Waals surface area contributed by atoms with E-state index in [9.17, 15) is 4.79 Å². The van der Waals surface area contributed by atoms with E-state index in [1.165, 1.54) is 0 Å². The van der Waals surface area contributed by atoms with Gasteiger partial charge in [-0.05, 0) is 25.2 Å². The summed E-state index contributed by atoms with van der Waals surface area (Å²) in [4.78, 5) is 15.6. The maximum atomic E-state index is 11.4. The number of halogens is 1. The van der Waals surface area contributed by atoms with E-state index < -0.39 is 0 Å². The minimum atomic E-state index is 0. The fourth-order valence-electron chi connectivity index (χ4n) is 1.78. The molecular weight excluding hydrogens is 395 g/mol. The average Bonchev–Trinajstić information content (AvgIpc) is 3.28. The second-order valence-electron chi connectivity index (χ2n) is 5.81. The minimum Gasteiger partial charge on any atom is -0.381 e. The molecule has 0 bridgehead atoms. The fraction of sp³-hybridized carbons (Fsp3) is 0.867. The first-order valence-corrected chi connectivity index (χ1v) is 7.93. The van der Waals surface area contributed by atoms with Gasteiger partial charge in [-0.1, -0.05) is 13.8 Å². The Kier molecular flexibility index (Phi) is 12.6. The second-order valence-corrected chi connectivity index (χ2v) is 5.81. The number of aliphatic imine (C=N–C) groups is 1. The van der Waals surface area contributed by atoms with E-state index in [1.807, 2.05) is 0 Å². The van der Waals surface area contributed by atoms with Crippen LogP contribution in [0.15, 0.2) is 4.99 Å². The smallest absolute Gasteiger partial charge is 0.223 e. The summed E-state index contributed by atoms with van der Waals surface area (Å²) in [5.41, 5.74) is 0. The SMILES string of the molecule is CN=C(NCCCOCC(C)C)NCCNC(=O)C1CC1.I. The molecule has 1 fully saturated rings. The predicted molar refractivity (Wildman–Crippen MR) is 101 cm³/mol. The van der Waals surface area contributed by atoms with Gasteiger partial charge >= 0.3 is 0 Å². The summed E-state index contributed by atoms with van der Waals surface area (Å²) in [6.45, 7) is 8.01. The van der Waals surface area contributed by atoms with Crippen LogP contribution in [-0.4, -0.2) is 51.8 Å². The van der Waals surface area contributed by atoms with Crippen LogP contribution in [0.1, 0.15) is 33.1 Å². The van der Waals surface area contributed by atoms with Gasteiger partial charge in [0.25, 0.3) is 0 Å². The van der Waals surface area contributed by atoms with Gasteiger partial charge in [0.15, 0.2) is 5.96 Å².